The molecule has 1 aliphatic heterocycles. The summed E-state index contributed by atoms with van der Waals surface area (Å²) in [6, 6.07) is 1.28. The Bertz CT molecular complexity index is 904. The molecule has 2 heterocycles. The van der Waals surface area contributed by atoms with Crippen LogP contribution in [-0.4, -0.2) is 55.7 Å². The molecule has 184 valence electrons. The van der Waals surface area contributed by atoms with Crippen LogP contribution in [0.1, 0.15) is 51.7 Å². The van der Waals surface area contributed by atoms with E-state index in [9.17, 15) is 33.9 Å². The Morgan fingerprint density at radius 1 is 1.21 bits per heavy atom. The number of phosphoric ester groups is 1. The van der Waals surface area contributed by atoms with Crippen LogP contribution in [0.2, 0.25) is 0 Å². The molecule has 0 aliphatic carbocycles. The van der Waals surface area contributed by atoms with Gasteiger partial charge in [-0.15, -0.1) is 0 Å². The van der Waals surface area contributed by atoms with Crippen LogP contribution in [0.15, 0.2) is 17.1 Å². The van der Waals surface area contributed by atoms with Crippen molar-refractivity contribution in [3.05, 3.63) is 22.7 Å². The van der Waals surface area contributed by atoms with Crippen LogP contribution in [0, 0.1) is 0 Å². The molecule has 1 aromatic rings. The SMILES string of the molecule is CCCCCCCCP(=O)([O-])OP(=O)(O)OCC1OC(n2ccc(N)nc2=O)C(O)C1O.[Na+]. The Kier molecular flexibility index (Phi) is 12.9. The van der Waals surface area contributed by atoms with E-state index in [-0.39, 0.29) is 41.8 Å². The molecule has 1 aromatic heterocycles. The summed E-state index contributed by atoms with van der Waals surface area (Å²) >= 11 is 0. The molecule has 2 rings (SSSR count). The molecule has 6 atom stereocenters. The van der Waals surface area contributed by atoms with Gasteiger partial charge in [0, 0.05) is 12.4 Å². The van der Waals surface area contributed by atoms with Crippen molar-refractivity contribution in [2.75, 3.05) is 18.5 Å². The van der Waals surface area contributed by atoms with Crippen LogP contribution in [0.4, 0.5) is 5.82 Å². The largest absolute Gasteiger partial charge is 1.00 e. The maximum atomic E-state index is 12.1. The third-order valence-electron chi connectivity index (χ3n) is 4.88. The number of hydrogen-bond acceptors (Lipinski definition) is 11. The number of hydrogen-bond donors (Lipinski definition) is 4. The van der Waals surface area contributed by atoms with Crippen LogP contribution in [-0.2, 0) is 22.7 Å². The first-order chi connectivity index (χ1) is 15.0. The first-order valence-corrected chi connectivity index (χ1v) is 13.5. The molecular weight excluding hydrogens is 491 g/mol. The molecule has 0 radical (unpaired) electrons. The average Bonchev–Trinajstić information content (AvgIpc) is 2.97. The van der Waals surface area contributed by atoms with Crippen molar-refractivity contribution in [3.8, 4) is 0 Å². The average molecular weight is 521 g/mol. The van der Waals surface area contributed by atoms with Gasteiger partial charge < -0.3 is 35.0 Å². The van der Waals surface area contributed by atoms with Gasteiger partial charge in [0.2, 0.25) is 0 Å². The third-order valence-corrected chi connectivity index (χ3v) is 8.04. The van der Waals surface area contributed by atoms with Gasteiger partial charge in [0.1, 0.15) is 31.7 Å². The van der Waals surface area contributed by atoms with Gasteiger partial charge in [-0.3, -0.25) is 9.09 Å². The maximum absolute atomic E-state index is 12.1. The number of unbranched alkanes of at least 4 members (excludes halogenated alkanes) is 5. The van der Waals surface area contributed by atoms with E-state index >= 15 is 0 Å². The normalized spacial score (nSPS) is 26.3. The van der Waals surface area contributed by atoms with Gasteiger partial charge >= 0.3 is 43.1 Å². The van der Waals surface area contributed by atoms with Gasteiger partial charge in [-0.25, -0.2) is 13.7 Å². The molecule has 0 amide bonds. The number of phosphoric acid groups is 1. The zero-order valence-corrected chi connectivity index (χ0v) is 22.5. The summed E-state index contributed by atoms with van der Waals surface area (Å²) in [6.07, 6.45) is -0.252. The van der Waals surface area contributed by atoms with Crippen LogP contribution in [0.3, 0.4) is 0 Å². The number of rotatable bonds is 13. The van der Waals surface area contributed by atoms with Crippen molar-refractivity contribution in [2.45, 2.75) is 70.0 Å². The number of nitrogens with zero attached hydrogens (tertiary/aromatic N) is 2. The maximum Gasteiger partial charge on any atom is 1.00 e. The summed E-state index contributed by atoms with van der Waals surface area (Å²) in [5.74, 6) is -0.0551. The standard InChI is InChI=1S/C17H31N3O10P2.Na/c1-2-3-4-5-6-7-10-31(24,25)30-32(26,27)28-11-12-14(21)15(22)16(29-12)20-9-8-13(18)19-17(20)23;/h8-9,12,14-16,21-22H,2-7,10-11H2,1H3,(H,24,25)(H,26,27)(H2,18,19,23);/q;+1/p-1. The first kappa shape index (κ1) is 30.9. The number of ether oxygens (including phenoxy) is 1. The molecule has 6 unspecified atom stereocenters. The van der Waals surface area contributed by atoms with E-state index in [2.05, 4.69) is 20.7 Å². The summed E-state index contributed by atoms with van der Waals surface area (Å²) in [5.41, 5.74) is 4.55. The summed E-state index contributed by atoms with van der Waals surface area (Å²) in [4.78, 5) is 37.1. The van der Waals surface area contributed by atoms with Crippen molar-refractivity contribution in [2.24, 2.45) is 0 Å². The van der Waals surface area contributed by atoms with Crippen LogP contribution < -0.4 is 45.9 Å². The van der Waals surface area contributed by atoms with Crippen LogP contribution in [0.25, 0.3) is 0 Å². The van der Waals surface area contributed by atoms with Crippen molar-refractivity contribution >= 4 is 21.2 Å². The summed E-state index contributed by atoms with van der Waals surface area (Å²) in [6.45, 7) is 1.28. The minimum absolute atomic E-state index is 0. The molecule has 33 heavy (non-hydrogen) atoms. The summed E-state index contributed by atoms with van der Waals surface area (Å²) < 4.78 is 39.2. The van der Waals surface area contributed by atoms with E-state index in [1.54, 1.807) is 0 Å². The molecule has 13 nitrogen and oxygen atoms in total. The Morgan fingerprint density at radius 2 is 1.85 bits per heavy atom. The topological polar surface area (TPSA) is 206 Å². The molecule has 0 spiro atoms. The number of anilines is 1. The van der Waals surface area contributed by atoms with E-state index < -0.39 is 58.4 Å². The van der Waals surface area contributed by atoms with Crippen molar-refractivity contribution in [1.29, 1.82) is 0 Å². The van der Waals surface area contributed by atoms with Crippen LogP contribution in [0.5, 0.6) is 0 Å². The zero-order valence-electron chi connectivity index (χ0n) is 18.7. The van der Waals surface area contributed by atoms with Gasteiger partial charge in [0.25, 0.3) is 0 Å². The number of aliphatic hydroxyl groups excluding tert-OH is 2. The second kappa shape index (κ2) is 13.8. The van der Waals surface area contributed by atoms with Gasteiger partial charge in [-0.2, -0.15) is 4.98 Å². The molecule has 0 bridgehead atoms. The number of nitrogens with two attached hydrogens (primary N) is 1. The minimum Gasteiger partial charge on any atom is -0.778 e. The minimum atomic E-state index is -5.03. The number of nitrogen functional groups attached to an aromatic ring is 1. The predicted molar refractivity (Wildman–Crippen MR) is 112 cm³/mol. The van der Waals surface area contributed by atoms with Crippen molar-refractivity contribution < 1.29 is 72.3 Å². The predicted octanol–water partition coefficient (Wildman–Crippen LogP) is -2.50. The molecule has 16 heteroatoms. The van der Waals surface area contributed by atoms with E-state index in [0.29, 0.717) is 6.42 Å². The van der Waals surface area contributed by atoms with Crippen LogP contribution >= 0.6 is 15.4 Å². The Balaban J connectivity index is 0.00000544. The fraction of sp³-hybridized carbons (Fsp3) is 0.765. The second-order valence-corrected chi connectivity index (χ2v) is 11.1. The Labute approximate surface area is 213 Å². The summed E-state index contributed by atoms with van der Waals surface area (Å²) in [5, 5.41) is 20.3. The third kappa shape index (κ3) is 9.79. The van der Waals surface area contributed by atoms with Crippen molar-refractivity contribution in [3.63, 3.8) is 0 Å². The van der Waals surface area contributed by atoms with E-state index in [0.717, 1.165) is 30.3 Å². The molecule has 1 saturated heterocycles. The Hall–Kier alpha value is -0.140. The second-order valence-electron chi connectivity index (χ2n) is 7.54. The molecule has 5 N–H and O–H groups in total. The van der Waals surface area contributed by atoms with Gasteiger partial charge in [-0.1, -0.05) is 39.0 Å². The Morgan fingerprint density at radius 3 is 2.48 bits per heavy atom. The molecule has 0 saturated carbocycles. The fourth-order valence-corrected chi connectivity index (χ4v) is 5.91. The zero-order chi connectivity index (χ0) is 23.9. The van der Waals surface area contributed by atoms with Gasteiger partial charge in [0.15, 0.2) is 6.23 Å². The summed E-state index contributed by atoms with van der Waals surface area (Å²) in [7, 11) is -9.67. The van der Waals surface area contributed by atoms with E-state index in [4.69, 9.17) is 10.5 Å². The molecule has 0 aromatic carbocycles. The van der Waals surface area contributed by atoms with Gasteiger partial charge in [0.05, 0.1) is 6.61 Å². The van der Waals surface area contributed by atoms with Crippen molar-refractivity contribution in [1.82, 2.24) is 9.55 Å². The first-order valence-electron chi connectivity index (χ1n) is 10.3. The number of aliphatic hydroxyl groups is 2. The monoisotopic (exact) mass is 521 g/mol. The smallest absolute Gasteiger partial charge is 0.778 e. The molecule has 1 fully saturated rings. The molecular formula is C17H30N3NaO10P2. The van der Waals surface area contributed by atoms with E-state index in [1.165, 1.54) is 12.3 Å². The quantitative estimate of drug-likeness (QED) is 0.121. The van der Waals surface area contributed by atoms with Gasteiger partial charge in [-0.05, 0) is 12.5 Å². The molecule has 1 aliphatic rings. The van der Waals surface area contributed by atoms with E-state index in [1.807, 2.05) is 0 Å². The number of aromatic nitrogens is 2. The fourth-order valence-electron chi connectivity index (χ4n) is 3.19.